The molecule has 0 unspecified atom stereocenters. The lowest BCUT2D eigenvalue weighted by molar-refractivity contribution is 0.0980. The van der Waals surface area contributed by atoms with Gasteiger partial charge in [0.25, 0.3) is 0 Å². The van der Waals surface area contributed by atoms with E-state index < -0.39 is 0 Å². The van der Waals surface area contributed by atoms with Crippen molar-refractivity contribution in [3.63, 3.8) is 0 Å². The van der Waals surface area contributed by atoms with Crippen LogP contribution >= 0.6 is 0 Å². The van der Waals surface area contributed by atoms with Gasteiger partial charge in [0.15, 0.2) is 11.6 Å². The maximum absolute atomic E-state index is 12.9. The molecule has 3 rings (SSSR count). The predicted octanol–water partition coefficient (Wildman–Crippen LogP) is 3.34. The molecule has 0 aliphatic heterocycles. The summed E-state index contributed by atoms with van der Waals surface area (Å²) in [6, 6.07) is 8.70. The highest BCUT2D eigenvalue weighted by Crippen LogP contribution is 2.37. The Bertz CT molecular complexity index is 838. The Balaban J connectivity index is 2.22. The number of nitrogen functional groups attached to an aromatic ring is 1. The smallest absolute Gasteiger partial charge is 0.196 e. The Morgan fingerprint density at radius 1 is 1.13 bits per heavy atom. The quantitative estimate of drug-likeness (QED) is 0.440. The third-order valence-corrected chi connectivity index (χ3v) is 4.11. The summed E-state index contributed by atoms with van der Waals surface area (Å²) in [6.07, 6.45) is 2.56. The topological polar surface area (TPSA) is 72.2 Å². The van der Waals surface area contributed by atoms with Crippen LogP contribution in [0.2, 0.25) is 0 Å². The van der Waals surface area contributed by atoms with Crippen molar-refractivity contribution < 1.29 is 9.59 Å². The Kier molecular flexibility index (Phi) is 3.74. The molecule has 1 aliphatic carbocycles. The molecule has 0 heterocycles. The third-order valence-electron chi connectivity index (χ3n) is 4.11. The van der Waals surface area contributed by atoms with E-state index in [0.29, 0.717) is 40.2 Å². The zero-order valence-corrected chi connectivity index (χ0v) is 13.0. The zero-order valence-electron chi connectivity index (χ0n) is 13.0. The summed E-state index contributed by atoms with van der Waals surface area (Å²) in [4.78, 5) is 25.7. The van der Waals surface area contributed by atoms with Crippen molar-refractivity contribution in [3.05, 3.63) is 70.8 Å². The first kappa shape index (κ1) is 15.0. The van der Waals surface area contributed by atoms with E-state index in [1.54, 1.807) is 30.3 Å². The molecule has 116 valence electrons. The third kappa shape index (κ3) is 2.32. The standard InChI is InChI=1S/C19H18N2O2/c1-3-4-9-21-14-10-11(2)17(20)16-15(14)18(22)12-7-5-6-8-13(12)19(16)23/h3,5-8,10,21H,1,4,9,20H2,2H3. The molecule has 4 nitrogen and oxygen atoms in total. The van der Waals surface area contributed by atoms with E-state index in [9.17, 15) is 9.59 Å². The fourth-order valence-electron chi connectivity index (χ4n) is 2.90. The molecule has 2 aromatic carbocycles. The summed E-state index contributed by atoms with van der Waals surface area (Å²) < 4.78 is 0. The molecule has 0 spiro atoms. The van der Waals surface area contributed by atoms with Gasteiger partial charge >= 0.3 is 0 Å². The first-order valence-electron chi connectivity index (χ1n) is 7.52. The molecule has 1 aliphatic rings. The molecule has 0 radical (unpaired) electrons. The Morgan fingerprint density at radius 2 is 1.74 bits per heavy atom. The van der Waals surface area contributed by atoms with Crippen LogP contribution in [-0.2, 0) is 0 Å². The van der Waals surface area contributed by atoms with Crippen LogP contribution in [0.3, 0.4) is 0 Å². The minimum Gasteiger partial charge on any atom is -0.398 e. The second-order valence-electron chi connectivity index (χ2n) is 5.61. The maximum Gasteiger partial charge on any atom is 0.196 e. The zero-order chi connectivity index (χ0) is 16.6. The van der Waals surface area contributed by atoms with Gasteiger partial charge in [-0.3, -0.25) is 9.59 Å². The van der Waals surface area contributed by atoms with Gasteiger partial charge in [-0.25, -0.2) is 0 Å². The van der Waals surface area contributed by atoms with Crippen LogP contribution in [0.25, 0.3) is 0 Å². The van der Waals surface area contributed by atoms with E-state index in [1.807, 2.05) is 13.0 Å². The summed E-state index contributed by atoms with van der Waals surface area (Å²) in [7, 11) is 0. The predicted molar refractivity (Wildman–Crippen MR) is 92.2 cm³/mol. The van der Waals surface area contributed by atoms with Crippen molar-refractivity contribution in [1.82, 2.24) is 0 Å². The second kappa shape index (κ2) is 5.72. The number of carbonyl (C=O) groups excluding carboxylic acids is 2. The number of ketones is 2. The van der Waals surface area contributed by atoms with Crippen molar-refractivity contribution in [2.45, 2.75) is 13.3 Å². The fourth-order valence-corrected chi connectivity index (χ4v) is 2.90. The van der Waals surface area contributed by atoms with Gasteiger partial charge in [-0.2, -0.15) is 0 Å². The van der Waals surface area contributed by atoms with E-state index in [0.717, 1.165) is 12.0 Å². The summed E-state index contributed by atoms with van der Waals surface area (Å²) in [6.45, 7) is 6.17. The highest BCUT2D eigenvalue weighted by molar-refractivity contribution is 6.32. The lowest BCUT2D eigenvalue weighted by atomic mass is 9.81. The normalized spacial score (nSPS) is 12.6. The Labute approximate surface area is 135 Å². The summed E-state index contributed by atoms with van der Waals surface area (Å²) >= 11 is 0. The molecule has 0 bridgehead atoms. The number of benzene rings is 2. The molecule has 0 saturated carbocycles. The Hall–Kier alpha value is -2.88. The maximum atomic E-state index is 12.9. The first-order chi connectivity index (χ1) is 11.1. The molecular formula is C19H18N2O2. The molecule has 2 aromatic rings. The molecule has 0 atom stereocenters. The van der Waals surface area contributed by atoms with E-state index in [4.69, 9.17) is 5.73 Å². The van der Waals surface area contributed by atoms with E-state index in [1.165, 1.54) is 0 Å². The molecule has 0 amide bonds. The van der Waals surface area contributed by atoms with Crippen LogP contribution in [-0.4, -0.2) is 18.1 Å². The number of hydrogen-bond donors (Lipinski definition) is 2. The van der Waals surface area contributed by atoms with Gasteiger partial charge in [0.2, 0.25) is 0 Å². The van der Waals surface area contributed by atoms with E-state index >= 15 is 0 Å². The van der Waals surface area contributed by atoms with Crippen molar-refractivity contribution in [2.75, 3.05) is 17.6 Å². The van der Waals surface area contributed by atoms with Gasteiger partial charge in [-0.15, -0.1) is 6.58 Å². The number of rotatable bonds is 4. The first-order valence-corrected chi connectivity index (χ1v) is 7.52. The number of aryl methyl sites for hydroxylation is 1. The minimum absolute atomic E-state index is 0.164. The SMILES string of the molecule is C=CCCNc1cc(C)c(N)c2c1C(=O)c1ccccc1C2=O. The minimum atomic E-state index is -0.192. The molecule has 4 heteroatoms. The molecule has 0 fully saturated rings. The van der Waals surface area contributed by atoms with Crippen LogP contribution in [0.15, 0.2) is 43.0 Å². The molecule has 3 N–H and O–H groups in total. The summed E-state index contributed by atoms with van der Waals surface area (Å²) in [5, 5.41) is 3.22. The monoisotopic (exact) mass is 306 g/mol. The van der Waals surface area contributed by atoms with Crippen LogP contribution in [0.4, 0.5) is 11.4 Å². The largest absolute Gasteiger partial charge is 0.398 e. The lowest BCUT2D eigenvalue weighted by Gasteiger charge is -2.23. The van der Waals surface area contributed by atoms with Gasteiger partial charge in [-0.05, 0) is 25.0 Å². The van der Waals surface area contributed by atoms with E-state index in [2.05, 4.69) is 11.9 Å². The molecular weight excluding hydrogens is 288 g/mol. The number of anilines is 2. The molecule has 0 saturated heterocycles. The van der Waals surface area contributed by atoms with Crippen LogP contribution in [0, 0.1) is 6.92 Å². The van der Waals surface area contributed by atoms with Gasteiger partial charge in [0.1, 0.15) is 0 Å². The van der Waals surface area contributed by atoms with E-state index in [-0.39, 0.29) is 11.6 Å². The summed E-state index contributed by atoms with van der Waals surface area (Å²) in [5.41, 5.74) is 9.47. The van der Waals surface area contributed by atoms with Crippen LogP contribution in [0.5, 0.6) is 0 Å². The molecule has 23 heavy (non-hydrogen) atoms. The molecule has 0 aromatic heterocycles. The number of carbonyl (C=O) groups is 2. The van der Waals surface area contributed by atoms with Crippen molar-refractivity contribution in [2.24, 2.45) is 0 Å². The van der Waals surface area contributed by atoms with Crippen LogP contribution in [0.1, 0.15) is 43.8 Å². The number of nitrogens with two attached hydrogens (primary N) is 1. The van der Waals surface area contributed by atoms with Gasteiger partial charge < -0.3 is 11.1 Å². The average Bonchev–Trinajstić information content (AvgIpc) is 2.56. The number of nitrogens with one attached hydrogen (secondary N) is 1. The van der Waals surface area contributed by atoms with Crippen molar-refractivity contribution >= 4 is 22.9 Å². The lowest BCUT2D eigenvalue weighted by Crippen LogP contribution is -2.24. The second-order valence-corrected chi connectivity index (χ2v) is 5.61. The van der Waals surface area contributed by atoms with Gasteiger partial charge in [0.05, 0.1) is 11.1 Å². The highest BCUT2D eigenvalue weighted by Gasteiger charge is 2.33. The van der Waals surface area contributed by atoms with Gasteiger partial charge in [-0.1, -0.05) is 30.3 Å². The fraction of sp³-hybridized carbons (Fsp3) is 0.158. The van der Waals surface area contributed by atoms with Crippen molar-refractivity contribution in [1.29, 1.82) is 0 Å². The average molecular weight is 306 g/mol. The van der Waals surface area contributed by atoms with Crippen molar-refractivity contribution in [3.8, 4) is 0 Å². The Morgan fingerprint density at radius 3 is 2.35 bits per heavy atom. The number of fused-ring (bicyclic) bond motifs is 2. The van der Waals surface area contributed by atoms with Gasteiger partial charge in [0, 0.05) is 29.0 Å². The highest BCUT2D eigenvalue weighted by atomic mass is 16.1. The number of hydrogen-bond acceptors (Lipinski definition) is 4. The van der Waals surface area contributed by atoms with Crippen LogP contribution < -0.4 is 11.1 Å². The summed E-state index contributed by atoms with van der Waals surface area (Å²) in [5.74, 6) is -0.355.